The summed E-state index contributed by atoms with van der Waals surface area (Å²) in [6.07, 6.45) is 2.63. The normalized spacial score (nSPS) is 29.1. The summed E-state index contributed by atoms with van der Waals surface area (Å²) in [5.74, 6) is 0.626. The molecule has 0 aromatic carbocycles. The van der Waals surface area contributed by atoms with Gasteiger partial charge in [0, 0.05) is 18.5 Å². The Kier molecular flexibility index (Phi) is 4.28. The molecule has 3 fully saturated rings. The number of likely N-dealkylation sites (tertiary alicyclic amines) is 1. The summed E-state index contributed by atoms with van der Waals surface area (Å²) in [7, 11) is 0. The van der Waals surface area contributed by atoms with Gasteiger partial charge in [0.25, 0.3) is 0 Å². The van der Waals surface area contributed by atoms with Gasteiger partial charge in [0.05, 0.1) is 23.7 Å². The maximum absolute atomic E-state index is 13.1. The second-order valence-corrected chi connectivity index (χ2v) is 8.32. The average Bonchev–Trinajstić information content (AvgIpc) is 3.07. The highest BCUT2D eigenvalue weighted by Gasteiger charge is 2.60. The molecule has 2 saturated carbocycles. The largest absolute Gasteiger partial charge is 0.361 e. The second kappa shape index (κ2) is 6.35. The van der Waals surface area contributed by atoms with E-state index in [1.54, 1.807) is 0 Å². The zero-order chi connectivity index (χ0) is 18.5. The van der Waals surface area contributed by atoms with E-state index < -0.39 is 6.17 Å². The molecular weight excluding hydrogens is 337 g/mol. The van der Waals surface area contributed by atoms with E-state index in [2.05, 4.69) is 10.5 Å². The Morgan fingerprint density at radius 3 is 2.73 bits per heavy atom. The van der Waals surface area contributed by atoms with Crippen molar-refractivity contribution in [2.24, 2.45) is 5.92 Å². The fourth-order valence-corrected chi connectivity index (χ4v) is 4.28. The van der Waals surface area contributed by atoms with Crippen LogP contribution in [0.4, 0.5) is 4.39 Å². The topological polar surface area (TPSA) is 75.4 Å². The summed E-state index contributed by atoms with van der Waals surface area (Å²) >= 11 is 0. The molecule has 0 bridgehead atoms. The van der Waals surface area contributed by atoms with Crippen LogP contribution in [0.1, 0.15) is 63.3 Å². The van der Waals surface area contributed by atoms with E-state index in [0.29, 0.717) is 25.1 Å². The highest BCUT2D eigenvalue weighted by Crippen LogP contribution is 2.51. The maximum Gasteiger partial charge on any atom is 0.228 e. The predicted molar refractivity (Wildman–Crippen MR) is 92.1 cm³/mol. The quantitative estimate of drug-likeness (QED) is 0.871. The van der Waals surface area contributed by atoms with Crippen molar-refractivity contribution in [2.75, 3.05) is 6.54 Å². The van der Waals surface area contributed by atoms with Gasteiger partial charge in [-0.25, -0.2) is 4.39 Å². The molecule has 1 atom stereocenters. The Morgan fingerprint density at radius 2 is 2.15 bits per heavy atom. The van der Waals surface area contributed by atoms with Gasteiger partial charge in [-0.2, -0.15) is 0 Å². The minimum Gasteiger partial charge on any atom is -0.361 e. The van der Waals surface area contributed by atoms with Crippen LogP contribution in [0.5, 0.6) is 0 Å². The Labute approximate surface area is 152 Å². The van der Waals surface area contributed by atoms with Crippen molar-refractivity contribution in [1.82, 2.24) is 15.4 Å². The molecule has 0 radical (unpaired) electrons. The van der Waals surface area contributed by atoms with Crippen LogP contribution in [0.15, 0.2) is 10.6 Å². The summed E-state index contributed by atoms with van der Waals surface area (Å²) in [6.45, 7) is 4.70. The highest BCUT2D eigenvalue weighted by molar-refractivity contribution is 5.83. The van der Waals surface area contributed by atoms with Crippen molar-refractivity contribution in [2.45, 2.75) is 76.0 Å². The smallest absolute Gasteiger partial charge is 0.228 e. The van der Waals surface area contributed by atoms with Crippen molar-refractivity contribution in [3.05, 3.63) is 17.5 Å². The van der Waals surface area contributed by atoms with Crippen LogP contribution in [0.3, 0.4) is 0 Å². The Hall–Kier alpha value is -1.92. The fraction of sp³-hybridized carbons (Fsp3) is 0.737. The standard InChI is InChI=1S/C19H26FN3O3/c1-11(2)15-9-14(26-22-15)10-17(24)21-16-3-6-23(19(16)4-5-19)18(25)12-7-13(20)8-12/h9,11-13,16H,3-8,10H2,1-2H3,(H,21,24). The number of carbonyl (C=O) groups excluding carboxylic acids is 2. The van der Waals surface area contributed by atoms with Crippen LogP contribution in [0.2, 0.25) is 0 Å². The molecule has 3 aliphatic rings. The minimum atomic E-state index is -0.824. The minimum absolute atomic E-state index is 0.0207. The van der Waals surface area contributed by atoms with E-state index in [1.807, 2.05) is 24.8 Å². The van der Waals surface area contributed by atoms with Gasteiger partial charge in [-0.3, -0.25) is 9.59 Å². The van der Waals surface area contributed by atoms with Gasteiger partial charge in [0.2, 0.25) is 11.8 Å². The van der Waals surface area contributed by atoms with E-state index in [9.17, 15) is 14.0 Å². The molecule has 1 saturated heterocycles. The fourth-order valence-electron chi connectivity index (χ4n) is 4.28. The zero-order valence-electron chi connectivity index (χ0n) is 15.3. The van der Waals surface area contributed by atoms with Gasteiger partial charge in [-0.15, -0.1) is 0 Å². The number of carbonyl (C=O) groups is 2. The van der Waals surface area contributed by atoms with Gasteiger partial charge >= 0.3 is 0 Å². The molecule has 2 amide bonds. The number of hydrogen-bond donors (Lipinski definition) is 1. The molecule has 6 nitrogen and oxygen atoms in total. The summed E-state index contributed by atoms with van der Waals surface area (Å²) in [6, 6.07) is 1.80. The van der Waals surface area contributed by atoms with Crippen molar-refractivity contribution < 1.29 is 18.5 Å². The van der Waals surface area contributed by atoms with E-state index in [1.165, 1.54) is 0 Å². The lowest BCUT2D eigenvalue weighted by molar-refractivity contribution is -0.142. The van der Waals surface area contributed by atoms with Crippen LogP contribution in [0.25, 0.3) is 0 Å². The first kappa shape index (κ1) is 17.5. The van der Waals surface area contributed by atoms with Gasteiger partial charge in [0.1, 0.15) is 11.9 Å². The van der Waals surface area contributed by atoms with Crippen molar-refractivity contribution in [3.8, 4) is 0 Å². The third-order valence-corrected chi connectivity index (χ3v) is 6.12. The number of nitrogens with zero attached hydrogens (tertiary/aromatic N) is 2. The summed E-state index contributed by atoms with van der Waals surface area (Å²) in [4.78, 5) is 27.0. The molecule has 1 aromatic rings. The SMILES string of the molecule is CC(C)c1cc(CC(=O)NC2CCN(C(=O)C3CC(F)C3)C23CC3)on1. The van der Waals surface area contributed by atoms with Gasteiger partial charge in [0.15, 0.2) is 0 Å². The van der Waals surface area contributed by atoms with Gasteiger partial charge in [-0.05, 0) is 38.0 Å². The molecule has 1 aromatic heterocycles. The molecule has 1 N–H and O–H groups in total. The molecule has 26 heavy (non-hydrogen) atoms. The van der Waals surface area contributed by atoms with Crippen molar-refractivity contribution in [3.63, 3.8) is 0 Å². The van der Waals surface area contributed by atoms with Gasteiger partial charge < -0.3 is 14.7 Å². The monoisotopic (exact) mass is 363 g/mol. The maximum atomic E-state index is 13.1. The van der Waals surface area contributed by atoms with Crippen LogP contribution in [0, 0.1) is 5.92 Å². The summed E-state index contributed by atoms with van der Waals surface area (Å²) in [5, 5.41) is 7.07. The number of nitrogens with one attached hydrogen (secondary N) is 1. The van der Waals surface area contributed by atoms with E-state index in [4.69, 9.17) is 4.52 Å². The average molecular weight is 363 g/mol. The molecule has 142 valence electrons. The summed E-state index contributed by atoms with van der Waals surface area (Å²) < 4.78 is 18.3. The lowest BCUT2D eigenvalue weighted by atomic mass is 9.82. The zero-order valence-corrected chi connectivity index (χ0v) is 15.3. The van der Waals surface area contributed by atoms with Crippen LogP contribution in [-0.2, 0) is 16.0 Å². The third kappa shape index (κ3) is 3.01. The van der Waals surface area contributed by atoms with Gasteiger partial charge in [-0.1, -0.05) is 19.0 Å². The first-order chi connectivity index (χ1) is 12.4. The van der Waals surface area contributed by atoms with Crippen molar-refractivity contribution in [1.29, 1.82) is 0 Å². The molecule has 1 spiro atoms. The Morgan fingerprint density at radius 1 is 1.42 bits per heavy atom. The lowest BCUT2D eigenvalue weighted by Crippen LogP contribution is -2.52. The number of amides is 2. The summed E-state index contributed by atoms with van der Waals surface area (Å²) in [5.41, 5.74) is 0.606. The molecule has 2 aliphatic carbocycles. The molecule has 7 heteroatoms. The lowest BCUT2D eigenvalue weighted by Gasteiger charge is -2.36. The highest BCUT2D eigenvalue weighted by atomic mass is 19.1. The number of hydrogen-bond acceptors (Lipinski definition) is 4. The second-order valence-electron chi connectivity index (χ2n) is 8.32. The van der Waals surface area contributed by atoms with Crippen LogP contribution < -0.4 is 5.32 Å². The third-order valence-electron chi connectivity index (χ3n) is 6.12. The first-order valence-electron chi connectivity index (χ1n) is 9.59. The number of aromatic nitrogens is 1. The Balaban J connectivity index is 1.35. The molecule has 1 unspecified atom stereocenters. The predicted octanol–water partition coefficient (Wildman–Crippen LogP) is 2.34. The first-order valence-corrected chi connectivity index (χ1v) is 9.59. The van der Waals surface area contributed by atoms with Crippen molar-refractivity contribution >= 4 is 11.8 Å². The number of alkyl halides is 1. The molecule has 4 rings (SSSR count). The number of rotatable bonds is 5. The van der Waals surface area contributed by atoms with E-state index >= 15 is 0 Å². The molecule has 2 heterocycles. The van der Waals surface area contributed by atoms with Crippen LogP contribution in [-0.4, -0.2) is 46.2 Å². The van der Waals surface area contributed by atoms with Crippen LogP contribution >= 0.6 is 0 Å². The molecular formula is C19H26FN3O3. The Bertz CT molecular complexity index is 707. The molecule has 1 aliphatic heterocycles. The van der Waals surface area contributed by atoms with E-state index in [0.717, 1.165) is 25.0 Å². The van der Waals surface area contributed by atoms with E-state index in [-0.39, 0.29) is 41.7 Å². The number of halogens is 1.